The number of fused-ring (bicyclic) bond motifs is 1. The average molecular weight is 351 g/mol. The van der Waals surface area contributed by atoms with E-state index in [0.29, 0.717) is 5.88 Å². The number of anilines is 2. The number of aryl methyl sites for hydroxylation is 2. The van der Waals surface area contributed by atoms with Crippen molar-refractivity contribution in [3.63, 3.8) is 0 Å². The molecule has 4 heterocycles. The molecule has 0 saturated heterocycles. The average Bonchev–Trinajstić information content (AvgIpc) is 3.20. The van der Waals surface area contributed by atoms with Crippen LogP contribution >= 0.6 is 11.3 Å². The van der Waals surface area contributed by atoms with Crippen LogP contribution in [-0.4, -0.2) is 26.5 Å². The van der Waals surface area contributed by atoms with E-state index in [2.05, 4.69) is 32.7 Å². The standard InChI is InChI=1S/C18H17N5OS/c1-11-5-4-8-23-16(12(2)20-17(11)23)14-10-25-18(22-14)21-13-6-7-15(24-3)19-9-13/h4-10H,1-3H3,(H,21,22). The fraction of sp³-hybridized carbons (Fsp3) is 0.167. The molecule has 4 aromatic rings. The lowest BCUT2D eigenvalue weighted by molar-refractivity contribution is 0.398. The van der Waals surface area contributed by atoms with Crippen molar-refractivity contribution in [3.8, 4) is 17.3 Å². The first-order valence-electron chi connectivity index (χ1n) is 7.83. The van der Waals surface area contributed by atoms with Gasteiger partial charge in [-0.15, -0.1) is 11.3 Å². The van der Waals surface area contributed by atoms with Gasteiger partial charge in [0.2, 0.25) is 5.88 Å². The molecule has 4 rings (SSSR count). The lowest BCUT2D eigenvalue weighted by atomic mass is 10.3. The summed E-state index contributed by atoms with van der Waals surface area (Å²) in [4.78, 5) is 13.6. The van der Waals surface area contributed by atoms with Crippen molar-refractivity contribution in [2.24, 2.45) is 0 Å². The number of hydrogen-bond acceptors (Lipinski definition) is 6. The summed E-state index contributed by atoms with van der Waals surface area (Å²) in [5.41, 5.74) is 5.89. The van der Waals surface area contributed by atoms with E-state index >= 15 is 0 Å². The van der Waals surface area contributed by atoms with Crippen molar-refractivity contribution in [2.75, 3.05) is 12.4 Å². The first kappa shape index (κ1) is 15.6. The Labute approximate surface area is 149 Å². The highest BCUT2D eigenvalue weighted by atomic mass is 32.1. The Morgan fingerprint density at radius 1 is 1.16 bits per heavy atom. The number of hydrogen-bond donors (Lipinski definition) is 1. The predicted octanol–water partition coefficient (Wildman–Crippen LogP) is 4.22. The van der Waals surface area contributed by atoms with Crippen LogP contribution in [0.15, 0.2) is 42.0 Å². The van der Waals surface area contributed by atoms with Crippen LogP contribution in [0.5, 0.6) is 5.88 Å². The molecule has 0 unspecified atom stereocenters. The number of pyridine rings is 2. The van der Waals surface area contributed by atoms with Crippen LogP contribution in [0, 0.1) is 13.8 Å². The molecule has 0 atom stereocenters. The highest BCUT2D eigenvalue weighted by Gasteiger charge is 2.15. The van der Waals surface area contributed by atoms with Crippen LogP contribution in [0.4, 0.5) is 10.8 Å². The van der Waals surface area contributed by atoms with Gasteiger partial charge in [0, 0.05) is 17.6 Å². The van der Waals surface area contributed by atoms with Crippen molar-refractivity contribution >= 4 is 27.8 Å². The summed E-state index contributed by atoms with van der Waals surface area (Å²) in [5.74, 6) is 0.585. The molecule has 126 valence electrons. The molecule has 0 aliphatic heterocycles. The van der Waals surface area contributed by atoms with E-state index in [4.69, 9.17) is 9.72 Å². The first-order chi connectivity index (χ1) is 12.2. The summed E-state index contributed by atoms with van der Waals surface area (Å²) >= 11 is 1.55. The van der Waals surface area contributed by atoms with Gasteiger partial charge in [-0.2, -0.15) is 0 Å². The molecular weight excluding hydrogens is 334 g/mol. The number of ether oxygens (including phenoxy) is 1. The van der Waals surface area contributed by atoms with E-state index in [0.717, 1.165) is 39.1 Å². The van der Waals surface area contributed by atoms with Crippen LogP contribution in [-0.2, 0) is 0 Å². The quantitative estimate of drug-likeness (QED) is 0.596. The van der Waals surface area contributed by atoms with E-state index in [1.54, 1.807) is 24.6 Å². The van der Waals surface area contributed by atoms with Gasteiger partial charge in [0.05, 0.1) is 30.4 Å². The highest BCUT2D eigenvalue weighted by Crippen LogP contribution is 2.30. The molecule has 1 N–H and O–H groups in total. The molecule has 0 spiro atoms. The zero-order chi connectivity index (χ0) is 17.4. The summed E-state index contributed by atoms with van der Waals surface area (Å²) in [6.07, 6.45) is 3.75. The van der Waals surface area contributed by atoms with Gasteiger partial charge in [-0.25, -0.2) is 15.0 Å². The monoisotopic (exact) mass is 351 g/mol. The second-order valence-electron chi connectivity index (χ2n) is 5.68. The van der Waals surface area contributed by atoms with Gasteiger partial charge in [0.15, 0.2) is 5.13 Å². The maximum absolute atomic E-state index is 5.07. The molecule has 4 aromatic heterocycles. The molecule has 0 aliphatic rings. The summed E-state index contributed by atoms with van der Waals surface area (Å²) in [6.45, 7) is 4.08. The molecule has 0 fully saturated rings. The van der Waals surface area contributed by atoms with Gasteiger partial charge in [0.25, 0.3) is 0 Å². The summed E-state index contributed by atoms with van der Waals surface area (Å²) < 4.78 is 7.17. The molecule has 0 aromatic carbocycles. The minimum Gasteiger partial charge on any atom is -0.481 e. The Morgan fingerprint density at radius 2 is 2.04 bits per heavy atom. The Bertz CT molecular complexity index is 1040. The molecule has 0 aliphatic carbocycles. The third-order valence-electron chi connectivity index (χ3n) is 3.96. The number of imidazole rings is 1. The fourth-order valence-corrected chi connectivity index (χ4v) is 3.48. The van der Waals surface area contributed by atoms with Crippen LogP contribution < -0.4 is 10.1 Å². The maximum Gasteiger partial charge on any atom is 0.213 e. The third-order valence-corrected chi connectivity index (χ3v) is 4.72. The number of nitrogens with one attached hydrogen (secondary N) is 1. The Hall–Kier alpha value is -2.93. The van der Waals surface area contributed by atoms with Crippen molar-refractivity contribution in [1.29, 1.82) is 0 Å². The van der Waals surface area contributed by atoms with Crippen LogP contribution in [0.25, 0.3) is 17.0 Å². The molecule has 7 heteroatoms. The van der Waals surface area contributed by atoms with Gasteiger partial charge in [-0.05, 0) is 31.5 Å². The van der Waals surface area contributed by atoms with Gasteiger partial charge in [-0.3, -0.25) is 4.40 Å². The molecule has 0 amide bonds. The molecule has 0 radical (unpaired) electrons. The lowest BCUT2D eigenvalue weighted by Gasteiger charge is -2.03. The Morgan fingerprint density at radius 3 is 2.80 bits per heavy atom. The first-order valence-corrected chi connectivity index (χ1v) is 8.71. The van der Waals surface area contributed by atoms with Gasteiger partial charge < -0.3 is 10.1 Å². The van der Waals surface area contributed by atoms with Gasteiger partial charge in [0.1, 0.15) is 11.3 Å². The topological polar surface area (TPSA) is 64.3 Å². The summed E-state index contributed by atoms with van der Waals surface area (Å²) in [7, 11) is 1.60. The van der Waals surface area contributed by atoms with E-state index in [9.17, 15) is 0 Å². The van der Waals surface area contributed by atoms with Crippen LogP contribution in [0.2, 0.25) is 0 Å². The number of aromatic nitrogens is 4. The predicted molar refractivity (Wildman–Crippen MR) is 99.8 cm³/mol. The number of thiazole rings is 1. The molecular formula is C18H17N5OS. The highest BCUT2D eigenvalue weighted by molar-refractivity contribution is 7.14. The molecule has 25 heavy (non-hydrogen) atoms. The zero-order valence-corrected chi connectivity index (χ0v) is 15.0. The van der Waals surface area contributed by atoms with Gasteiger partial charge in [-0.1, -0.05) is 6.07 Å². The summed E-state index contributed by atoms with van der Waals surface area (Å²) in [5, 5.41) is 6.13. The van der Waals surface area contributed by atoms with Crippen molar-refractivity contribution < 1.29 is 4.74 Å². The van der Waals surface area contributed by atoms with E-state index < -0.39 is 0 Å². The van der Waals surface area contributed by atoms with E-state index in [1.807, 2.05) is 36.7 Å². The largest absolute Gasteiger partial charge is 0.481 e. The van der Waals surface area contributed by atoms with Crippen molar-refractivity contribution in [2.45, 2.75) is 13.8 Å². The number of nitrogens with zero attached hydrogens (tertiary/aromatic N) is 4. The minimum absolute atomic E-state index is 0.585. The van der Waals surface area contributed by atoms with E-state index in [-0.39, 0.29) is 0 Å². The Balaban J connectivity index is 1.67. The number of rotatable bonds is 4. The second kappa shape index (κ2) is 6.18. The third kappa shape index (κ3) is 2.83. The molecule has 0 saturated carbocycles. The SMILES string of the molecule is COc1ccc(Nc2nc(-c3c(C)nc4c(C)cccn34)cs2)cn1. The van der Waals surface area contributed by atoms with E-state index in [1.165, 1.54) is 0 Å². The zero-order valence-electron chi connectivity index (χ0n) is 14.1. The van der Waals surface area contributed by atoms with Crippen LogP contribution in [0.3, 0.4) is 0 Å². The van der Waals surface area contributed by atoms with Crippen molar-refractivity contribution in [1.82, 2.24) is 19.4 Å². The normalized spacial score (nSPS) is 11.0. The number of methoxy groups -OCH3 is 1. The molecule has 6 nitrogen and oxygen atoms in total. The van der Waals surface area contributed by atoms with Crippen LogP contribution in [0.1, 0.15) is 11.3 Å². The maximum atomic E-state index is 5.07. The smallest absolute Gasteiger partial charge is 0.213 e. The van der Waals surface area contributed by atoms with Gasteiger partial charge >= 0.3 is 0 Å². The van der Waals surface area contributed by atoms with Crippen molar-refractivity contribution in [3.05, 3.63) is 53.3 Å². The lowest BCUT2D eigenvalue weighted by Crippen LogP contribution is -1.93. The molecule has 0 bridgehead atoms. The Kier molecular flexibility index (Phi) is 3.85. The fourth-order valence-electron chi connectivity index (χ4n) is 2.76. The minimum atomic E-state index is 0.585. The summed E-state index contributed by atoms with van der Waals surface area (Å²) in [6, 6.07) is 7.82. The second-order valence-corrected chi connectivity index (χ2v) is 6.54.